The SMILES string of the molecule is Cc1nc(N[C@H](C)c2ccccc2)c2sc3nc4c(cc3c2n1)COC(C)(C)C4. The molecule has 1 aliphatic rings. The van der Waals surface area contributed by atoms with Gasteiger partial charge in [-0.15, -0.1) is 11.3 Å². The van der Waals surface area contributed by atoms with E-state index in [1.807, 2.05) is 13.0 Å². The highest BCUT2D eigenvalue weighted by Crippen LogP contribution is 2.39. The normalized spacial score (nSPS) is 16.7. The van der Waals surface area contributed by atoms with Crippen molar-refractivity contribution in [2.24, 2.45) is 0 Å². The van der Waals surface area contributed by atoms with E-state index >= 15 is 0 Å². The Labute approximate surface area is 174 Å². The smallest absolute Gasteiger partial charge is 0.148 e. The van der Waals surface area contributed by atoms with Crippen molar-refractivity contribution >= 4 is 37.6 Å². The molecule has 0 spiro atoms. The van der Waals surface area contributed by atoms with Crippen molar-refractivity contribution in [2.75, 3.05) is 5.32 Å². The first-order valence-corrected chi connectivity index (χ1v) is 10.8. The van der Waals surface area contributed by atoms with Crippen LogP contribution < -0.4 is 5.32 Å². The molecule has 5 nitrogen and oxygen atoms in total. The Kier molecular flexibility index (Phi) is 4.29. The molecule has 1 atom stereocenters. The van der Waals surface area contributed by atoms with Gasteiger partial charge in [0, 0.05) is 23.4 Å². The number of nitrogens with one attached hydrogen (secondary N) is 1. The molecule has 4 aromatic rings. The molecule has 29 heavy (non-hydrogen) atoms. The Balaban J connectivity index is 1.62. The minimum Gasteiger partial charge on any atom is -0.370 e. The zero-order valence-corrected chi connectivity index (χ0v) is 17.9. The zero-order valence-electron chi connectivity index (χ0n) is 17.1. The van der Waals surface area contributed by atoms with E-state index in [0.29, 0.717) is 6.61 Å². The summed E-state index contributed by atoms with van der Waals surface area (Å²) in [6.07, 6.45) is 0.827. The summed E-state index contributed by atoms with van der Waals surface area (Å²) in [5.41, 5.74) is 4.34. The number of anilines is 1. The monoisotopic (exact) mass is 404 g/mol. The van der Waals surface area contributed by atoms with Gasteiger partial charge in [-0.3, -0.25) is 0 Å². The van der Waals surface area contributed by atoms with E-state index in [1.165, 1.54) is 11.1 Å². The highest BCUT2D eigenvalue weighted by molar-refractivity contribution is 7.25. The highest BCUT2D eigenvalue weighted by atomic mass is 32.1. The first kappa shape index (κ1) is 18.5. The third-order valence-electron chi connectivity index (χ3n) is 5.45. The first-order chi connectivity index (χ1) is 13.9. The number of hydrogen-bond donors (Lipinski definition) is 1. The maximum atomic E-state index is 6.00. The fraction of sp³-hybridized carbons (Fsp3) is 0.348. The molecule has 0 fully saturated rings. The lowest BCUT2D eigenvalue weighted by Gasteiger charge is -2.30. The van der Waals surface area contributed by atoms with E-state index in [-0.39, 0.29) is 11.6 Å². The summed E-state index contributed by atoms with van der Waals surface area (Å²) in [4.78, 5) is 15.5. The van der Waals surface area contributed by atoms with E-state index in [2.05, 4.69) is 56.4 Å². The molecule has 0 amide bonds. The highest BCUT2D eigenvalue weighted by Gasteiger charge is 2.28. The van der Waals surface area contributed by atoms with Crippen molar-refractivity contribution in [3.8, 4) is 0 Å². The fourth-order valence-corrected chi connectivity index (χ4v) is 4.96. The number of hydrogen-bond acceptors (Lipinski definition) is 6. The van der Waals surface area contributed by atoms with Gasteiger partial charge < -0.3 is 10.1 Å². The van der Waals surface area contributed by atoms with Crippen LogP contribution in [0.4, 0.5) is 5.82 Å². The van der Waals surface area contributed by atoms with Crippen LogP contribution in [0.15, 0.2) is 36.4 Å². The second-order valence-electron chi connectivity index (χ2n) is 8.35. The summed E-state index contributed by atoms with van der Waals surface area (Å²) in [7, 11) is 0. The third kappa shape index (κ3) is 3.36. The molecule has 1 aliphatic heterocycles. The van der Waals surface area contributed by atoms with Crippen LogP contribution in [0, 0.1) is 6.92 Å². The summed E-state index contributed by atoms with van der Waals surface area (Å²) < 4.78 is 7.06. The second kappa shape index (κ2) is 6.75. The summed E-state index contributed by atoms with van der Waals surface area (Å²) in [6, 6.07) is 12.8. The Bertz CT molecular complexity index is 1220. The van der Waals surface area contributed by atoms with Gasteiger partial charge >= 0.3 is 0 Å². The quantitative estimate of drug-likeness (QED) is 0.483. The Morgan fingerprint density at radius 2 is 1.93 bits per heavy atom. The number of aromatic nitrogens is 3. The first-order valence-electron chi connectivity index (χ1n) is 9.95. The lowest BCUT2D eigenvalue weighted by atomic mass is 9.95. The van der Waals surface area contributed by atoms with Crippen molar-refractivity contribution < 1.29 is 4.74 Å². The van der Waals surface area contributed by atoms with E-state index in [0.717, 1.165) is 44.2 Å². The minimum absolute atomic E-state index is 0.147. The van der Waals surface area contributed by atoms with Crippen molar-refractivity contribution in [3.05, 3.63) is 59.0 Å². The molecule has 1 aromatic carbocycles. The lowest BCUT2D eigenvalue weighted by molar-refractivity contribution is -0.0411. The van der Waals surface area contributed by atoms with Crippen molar-refractivity contribution in [2.45, 2.75) is 52.4 Å². The van der Waals surface area contributed by atoms with Crippen LogP contribution in [0.1, 0.15) is 49.5 Å². The molecule has 3 aromatic heterocycles. The fourth-order valence-electron chi connectivity index (χ4n) is 3.89. The minimum atomic E-state index is -0.168. The number of nitrogens with zero attached hydrogens (tertiary/aromatic N) is 3. The molecule has 0 saturated heterocycles. The average molecular weight is 405 g/mol. The summed E-state index contributed by atoms with van der Waals surface area (Å²) in [5, 5.41) is 4.68. The topological polar surface area (TPSA) is 59.9 Å². The largest absolute Gasteiger partial charge is 0.370 e. The van der Waals surface area contributed by atoms with Crippen LogP contribution in [-0.4, -0.2) is 20.6 Å². The number of ether oxygens (including phenoxy) is 1. The lowest BCUT2D eigenvalue weighted by Crippen LogP contribution is -2.32. The molecule has 0 radical (unpaired) electrons. The van der Waals surface area contributed by atoms with Crippen LogP contribution >= 0.6 is 11.3 Å². The van der Waals surface area contributed by atoms with Gasteiger partial charge in [-0.05, 0) is 39.3 Å². The molecule has 0 unspecified atom stereocenters. The summed E-state index contributed by atoms with van der Waals surface area (Å²) in [6.45, 7) is 8.94. The van der Waals surface area contributed by atoms with Crippen molar-refractivity contribution in [1.29, 1.82) is 0 Å². The number of rotatable bonds is 3. The maximum absolute atomic E-state index is 6.00. The predicted octanol–water partition coefficient (Wildman–Crippen LogP) is 5.57. The molecule has 0 aliphatic carbocycles. The van der Waals surface area contributed by atoms with Gasteiger partial charge in [0.05, 0.1) is 28.1 Å². The van der Waals surface area contributed by atoms with Gasteiger partial charge in [-0.1, -0.05) is 30.3 Å². The molecular weight excluding hydrogens is 380 g/mol. The van der Waals surface area contributed by atoms with Gasteiger partial charge in [-0.2, -0.15) is 0 Å². The number of pyridine rings is 1. The van der Waals surface area contributed by atoms with Gasteiger partial charge in [0.25, 0.3) is 0 Å². The second-order valence-corrected chi connectivity index (χ2v) is 9.35. The zero-order chi connectivity index (χ0) is 20.2. The molecule has 4 heterocycles. The Morgan fingerprint density at radius 1 is 1.14 bits per heavy atom. The van der Waals surface area contributed by atoms with Gasteiger partial charge in [0.1, 0.15) is 16.5 Å². The van der Waals surface area contributed by atoms with E-state index in [9.17, 15) is 0 Å². The molecular formula is C23H24N4OS. The average Bonchev–Trinajstić information content (AvgIpc) is 3.04. The Morgan fingerprint density at radius 3 is 2.72 bits per heavy atom. The number of benzene rings is 1. The standard InChI is InChI=1S/C23H24N4OS/c1-13(15-8-6-5-7-9-15)24-21-20-19(25-14(2)26-21)17-10-16-12-28-23(3,4)11-18(16)27-22(17)29-20/h5-10,13H,11-12H2,1-4H3,(H,24,25,26)/t13-/m1/s1. The number of aryl methyl sites for hydroxylation is 1. The van der Waals surface area contributed by atoms with E-state index in [1.54, 1.807) is 11.3 Å². The van der Waals surface area contributed by atoms with Gasteiger partial charge in [0.15, 0.2) is 0 Å². The van der Waals surface area contributed by atoms with Crippen LogP contribution in [-0.2, 0) is 17.8 Å². The predicted molar refractivity (Wildman–Crippen MR) is 119 cm³/mol. The summed E-state index contributed by atoms with van der Waals surface area (Å²) in [5.74, 6) is 1.64. The summed E-state index contributed by atoms with van der Waals surface area (Å²) >= 11 is 1.67. The van der Waals surface area contributed by atoms with E-state index in [4.69, 9.17) is 19.7 Å². The Hall–Kier alpha value is -2.57. The third-order valence-corrected chi connectivity index (χ3v) is 6.55. The van der Waals surface area contributed by atoms with Crippen LogP contribution in [0.3, 0.4) is 0 Å². The molecule has 148 valence electrons. The van der Waals surface area contributed by atoms with E-state index < -0.39 is 0 Å². The number of thiophene rings is 1. The number of fused-ring (bicyclic) bond motifs is 4. The molecule has 0 saturated carbocycles. The van der Waals surface area contributed by atoms with Gasteiger partial charge in [0.2, 0.25) is 0 Å². The van der Waals surface area contributed by atoms with Crippen LogP contribution in [0.5, 0.6) is 0 Å². The van der Waals surface area contributed by atoms with Crippen molar-refractivity contribution in [1.82, 2.24) is 15.0 Å². The molecule has 5 rings (SSSR count). The maximum Gasteiger partial charge on any atom is 0.148 e. The van der Waals surface area contributed by atoms with Crippen molar-refractivity contribution in [3.63, 3.8) is 0 Å². The molecule has 1 N–H and O–H groups in total. The van der Waals surface area contributed by atoms with Crippen LogP contribution in [0.2, 0.25) is 0 Å². The molecule has 0 bridgehead atoms. The van der Waals surface area contributed by atoms with Gasteiger partial charge in [-0.25, -0.2) is 15.0 Å². The molecule has 6 heteroatoms. The van der Waals surface area contributed by atoms with Crippen LogP contribution in [0.25, 0.3) is 20.4 Å².